The van der Waals surface area contributed by atoms with E-state index in [4.69, 9.17) is 0 Å². The highest BCUT2D eigenvalue weighted by Gasteiger charge is 2.15. The number of nitrogens with one attached hydrogen (secondary N) is 2. The quantitative estimate of drug-likeness (QED) is 0.499. The van der Waals surface area contributed by atoms with Crippen LogP contribution in [0.5, 0.6) is 0 Å². The smallest absolute Gasteiger partial charge is 0.191 e. The fraction of sp³-hybridized carbons (Fsp3) is 0.524. The molecule has 1 heterocycles. The van der Waals surface area contributed by atoms with Gasteiger partial charge in [0, 0.05) is 18.5 Å². The molecule has 2 aromatic rings. The van der Waals surface area contributed by atoms with Crippen molar-refractivity contribution in [1.82, 2.24) is 15.6 Å². The zero-order valence-corrected chi connectivity index (χ0v) is 17.9. The highest BCUT2D eigenvalue weighted by Crippen LogP contribution is 2.23. The molecular formula is C21H32N4OS. The third-order valence-corrected chi connectivity index (χ3v) is 5.31. The van der Waals surface area contributed by atoms with E-state index < -0.39 is 6.10 Å². The largest absolute Gasteiger partial charge is 0.387 e. The number of nitrogens with zero attached hydrogens (tertiary/aromatic N) is 2. The summed E-state index contributed by atoms with van der Waals surface area (Å²) in [6.45, 7) is 12.4. The minimum Gasteiger partial charge on any atom is -0.387 e. The molecule has 0 saturated carbocycles. The molecule has 0 radical (unpaired) electrons. The van der Waals surface area contributed by atoms with Gasteiger partial charge in [0.2, 0.25) is 0 Å². The number of thiazole rings is 1. The zero-order valence-electron chi connectivity index (χ0n) is 17.0. The molecule has 2 rings (SSSR count). The lowest BCUT2D eigenvalue weighted by Gasteiger charge is -2.20. The standard InChI is InChI=1S/C21H32N4OS/c1-6-19-25-17(14-27-19)12-23-20(22-7-2)24-13-18(26)15-8-10-16(11-9-15)21(3,4)5/h8-11,14,18,26H,6-7,12-13H2,1-5H3,(H2,22,23,24). The highest BCUT2D eigenvalue weighted by atomic mass is 32.1. The van der Waals surface area contributed by atoms with Crippen LogP contribution in [0.2, 0.25) is 0 Å². The number of guanidine groups is 1. The summed E-state index contributed by atoms with van der Waals surface area (Å²) in [5.74, 6) is 0.689. The van der Waals surface area contributed by atoms with Gasteiger partial charge in [-0.15, -0.1) is 11.3 Å². The summed E-state index contributed by atoms with van der Waals surface area (Å²) in [6.07, 6.45) is 0.362. The number of hydrogen-bond acceptors (Lipinski definition) is 4. The summed E-state index contributed by atoms with van der Waals surface area (Å²) in [4.78, 5) is 9.11. The van der Waals surface area contributed by atoms with Crippen LogP contribution in [-0.4, -0.2) is 29.1 Å². The molecule has 27 heavy (non-hydrogen) atoms. The van der Waals surface area contributed by atoms with Gasteiger partial charge in [-0.25, -0.2) is 9.98 Å². The van der Waals surface area contributed by atoms with Crippen LogP contribution in [-0.2, 0) is 18.4 Å². The Hall–Kier alpha value is -1.92. The molecule has 6 heteroatoms. The predicted molar refractivity (Wildman–Crippen MR) is 114 cm³/mol. The van der Waals surface area contributed by atoms with E-state index in [-0.39, 0.29) is 5.41 Å². The van der Waals surface area contributed by atoms with Crippen molar-refractivity contribution in [3.63, 3.8) is 0 Å². The van der Waals surface area contributed by atoms with Gasteiger partial charge in [-0.1, -0.05) is 52.0 Å². The molecule has 0 aliphatic rings. The van der Waals surface area contributed by atoms with Crippen molar-refractivity contribution in [3.05, 3.63) is 51.5 Å². The highest BCUT2D eigenvalue weighted by molar-refractivity contribution is 7.09. The number of aliphatic imine (C=N–C) groups is 1. The van der Waals surface area contributed by atoms with Crippen LogP contribution in [0.3, 0.4) is 0 Å². The minimum absolute atomic E-state index is 0.111. The summed E-state index contributed by atoms with van der Waals surface area (Å²) in [5, 5.41) is 20.1. The molecular weight excluding hydrogens is 356 g/mol. The van der Waals surface area contributed by atoms with Crippen LogP contribution in [0.4, 0.5) is 0 Å². The van der Waals surface area contributed by atoms with Crippen molar-refractivity contribution >= 4 is 17.3 Å². The number of aliphatic hydroxyl groups is 1. The molecule has 1 aromatic heterocycles. The van der Waals surface area contributed by atoms with Gasteiger partial charge in [0.1, 0.15) is 0 Å². The van der Waals surface area contributed by atoms with E-state index in [0.717, 1.165) is 29.2 Å². The third-order valence-electron chi connectivity index (χ3n) is 4.27. The summed E-state index contributed by atoms with van der Waals surface area (Å²) in [6, 6.07) is 8.17. The number of aliphatic hydroxyl groups excluding tert-OH is 1. The first-order chi connectivity index (χ1) is 12.8. The Morgan fingerprint density at radius 2 is 1.89 bits per heavy atom. The Balaban J connectivity index is 1.94. The Morgan fingerprint density at radius 3 is 2.44 bits per heavy atom. The maximum atomic E-state index is 10.5. The third kappa shape index (κ3) is 6.63. The minimum atomic E-state index is -0.589. The SMILES string of the molecule is CCNC(=NCc1csc(CC)n1)NCC(O)c1ccc(C(C)(C)C)cc1. The normalized spacial score (nSPS) is 13.5. The van der Waals surface area contributed by atoms with Crippen LogP contribution in [0, 0.1) is 0 Å². The molecule has 0 saturated heterocycles. The Kier molecular flexibility index (Phi) is 7.80. The second-order valence-electron chi connectivity index (χ2n) is 7.55. The molecule has 0 aliphatic heterocycles. The molecule has 3 N–H and O–H groups in total. The molecule has 0 spiro atoms. The van der Waals surface area contributed by atoms with E-state index in [1.165, 1.54) is 5.56 Å². The number of benzene rings is 1. The Morgan fingerprint density at radius 1 is 1.19 bits per heavy atom. The molecule has 1 aromatic carbocycles. The van der Waals surface area contributed by atoms with Crippen molar-refractivity contribution in [3.8, 4) is 0 Å². The van der Waals surface area contributed by atoms with E-state index >= 15 is 0 Å². The lowest BCUT2D eigenvalue weighted by molar-refractivity contribution is 0.181. The fourth-order valence-electron chi connectivity index (χ4n) is 2.60. The van der Waals surface area contributed by atoms with Gasteiger partial charge in [-0.3, -0.25) is 0 Å². The predicted octanol–water partition coefficient (Wildman–Crippen LogP) is 3.79. The van der Waals surface area contributed by atoms with Crippen LogP contribution in [0.25, 0.3) is 0 Å². The molecule has 0 aliphatic carbocycles. The summed E-state index contributed by atoms with van der Waals surface area (Å²) in [5.41, 5.74) is 3.25. The van der Waals surface area contributed by atoms with E-state index in [9.17, 15) is 5.11 Å². The van der Waals surface area contributed by atoms with Crippen LogP contribution >= 0.6 is 11.3 Å². The molecule has 1 atom stereocenters. The van der Waals surface area contributed by atoms with Crippen LogP contribution in [0.1, 0.15) is 62.6 Å². The lowest BCUT2D eigenvalue weighted by Crippen LogP contribution is -2.39. The molecule has 148 valence electrons. The maximum absolute atomic E-state index is 10.5. The van der Waals surface area contributed by atoms with E-state index in [0.29, 0.717) is 19.0 Å². The van der Waals surface area contributed by atoms with E-state index in [2.05, 4.69) is 65.8 Å². The van der Waals surface area contributed by atoms with Gasteiger partial charge in [0.25, 0.3) is 0 Å². The number of rotatable bonds is 7. The molecule has 5 nitrogen and oxygen atoms in total. The van der Waals surface area contributed by atoms with Gasteiger partial charge in [0.15, 0.2) is 5.96 Å². The second kappa shape index (κ2) is 9.85. The van der Waals surface area contributed by atoms with Crippen molar-refractivity contribution in [2.24, 2.45) is 4.99 Å². The Bertz CT molecular complexity index is 731. The summed E-state index contributed by atoms with van der Waals surface area (Å²) >= 11 is 1.67. The fourth-order valence-corrected chi connectivity index (χ4v) is 3.34. The average Bonchev–Trinajstić information content (AvgIpc) is 3.11. The molecule has 0 bridgehead atoms. The van der Waals surface area contributed by atoms with Crippen molar-refractivity contribution < 1.29 is 5.11 Å². The number of hydrogen-bond donors (Lipinski definition) is 3. The maximum Gasteiger partial charge on any atom is 0.191 e. The number of aromatic nitrogens is 1. The average molecular weight is 389 g/mol. The van der Waals surface area contributed by atoms with Gasteiger partial charge < -0.3 is 15.7 Å². The van der Waals surface area contributed by atoms with Gasteiger partial charge in [-0.2, -0.15) is 0 Å². The molecule has 1 unspecified atom stereocenters. The summed E-state index contributed by atoms with van der Waals surface area (Å²) < 4.78 is 0. The molecule has 0 amide bonds. The van der Waals surface area contributed by atoms with Gasteiger partial charge >= 0.3 is 0 Å². The first-order valence-electron chi connectivity index (χ1n) is 9.57. The zero-order chi connectivity index (χ0) is 19.9. The second-order valence-corrected chi connectivity index (χ2v) is 8.49. The van der Waals surface area contributed by atoms with Crippen LogP contribution in [0.15, 0.2) is 34.6 Å². The first kappa shape index (κ1) is 21.4. The van der Waals surface area contributed by atoms with Gasteiger partial charge in [-0.05, 0) is 29.9 Å². The monoisotopic (exact) mass is 388 g/mol. The van der Waals surface area contributed by atoms with Crippen molar-refractivity contribution in [2.75, 3.05) is 13.1 Å². The summed E-state index contributed by atoms with van der Waals surface area (Å²) in [7, 11) is 0. The van der Waals surface area contributed by atoms with Crippen molar-refractivity contribution in [2.45, 2.75) is 59.1 Å². The molecule has 0 fully saturated rings. The topological polar surface area (TPSA) is 69.5 Å². The van der Waals surface area contributed by atoms with E-state index in [1.54, 1.807) is 11.3 Å². The lowest BCUT2D eigenvalue weighted by atomic mass is 9.86. The first-order valence-corrected chi connectivity index (χ1v) is 10.5. The van der Waals surface area contributed by atoms with E-state index in [1.807, 2.05) is 19.1 Å². The van der Waals surface area contributed by atoms with Crippen molar-refractivity contribution in [1.29, 1.82) is 0 Å². The number of aryl methyl sites for hydroxylation is 1. The van der Waals surface area contributed by atoms with Gasteiger partial charge in [0.05, 0.1) is 23.4 Å². The van der Waals surface area contributed by atoms with Crippen LogP contribution < -0.4 is 10.6 Å². The Labute approximate surface area is 167 Å².